The fourth-order valence-electron chi connectivity index (χ4n) is 2.62. The van der Waals surface area contributed by atoms with Crippen LogP contribution >= 0.6 is 23.5 Å². The third kappa shape index (κ3) is 2.28. The smallest absolute Gasteiger partial charge is 0.161 e. The molecule has 4 nitrogen and oxygen atoms in total. The van der Waals surface area contributed by atoms with Crippen LogP contribution in [0.1, 0.15) is 0 Å². The molecule has 0 aliphatic carbocycles. The quantitative estimate of drug-likeness (QED) is 0.847. The molecule has 0 saturated carbocycles. The molecule has 0 radical (unpaired) electrons. The summed E-state index contributed by atoms with van der Waals surface area (Å²) in [5.41, 5.74) is 0.956. The second-order valence-electron chi connectivity index (χ2n) is 4.65. The molecule has 0 aromatic heterocycles. The number of sulfone groups is 1. The van der Waals surface area contributed by atoms with Crippen molar-refractivity contribution >= 4 is 44.2 Å². The SMILES string of the molecule is CSc1ccccc1N1C(=N)S[C@@H]2CS(=O)(=O)C[C@H]21. The van der Waals surface area contributed by atoms with E-state index in [1.54, 1.807) is 11.8 Å². The van der Waals surface area contributed by atoms with E-state index in [1.165, 1.54) is 11.8 Å². The van der Waals surface area contributed by atoms with Crippen molar-refractivity contribution in [2.75, 3.05) is 22.7 Å². The Morgan fingerprint density at radius 1 is 1.37 bits per heavy atom. The van der Waals surface area contributed by atoms with E-state index in [-0.39, 0.29) is 22.8 Å². The molecule has 0 amide bonds. The number of hydrogen-bond donors (Lipinski definition) is 1. The summed E-state index contributed by atoms with van der Waals surface area (Å²) in [6, 6.07) is 7.79. The maximum atomic E-state index is 11.8. The summed E-state index contributed by atoms with van der Waals surface area (Å²) in [6.45, 7) is 0. The van der Waals surface area contributed by atoms with Gasteiger partial charge < -0.3 is 4.90 Å². The van der Waals surface area contributed by atoms with Gasteiger partial charge in [0.05, 0.1) is 23.2 Å². The first kappa shape index (κ1) is 13.3. The lowest BCUT2D eigenvalue weighted by Crippen LogP contribution is -2.37. The van der Waals surface area contributed by atoms with Gasteiger partial charge in [0.2, 0.25) is 0 Å². The van der Waals surface area contributed by atoms with Gasteiger partial charge in [-0.05, 0) is 18.4 Å². The van der Waals surface area contributed by atoms with E-state index in [9.17, 15) is 8.42 Å². The number of amidine groups is 1. The maximum absolute atomic E-state index is 11.8. The zero-order valence-electron chi connectivity index (χ0n) is 10.4. The van der Waals surface area contributed by atoms with Crippen LogP contribution in [-0.4, -0.2) is 42.6 Å². The van der Waals surface area contributed by atoms with E-state index in [0.29, 0.717) is 5.17 Å². The standard InChI is InChI=1S/C12H14N2O2S3/c1-17-10-5-3-2-4-8(10)14-9-6-19(15,16)7-11(9)18-12(14)13/h2-5,9,11,13H,6-7H2,1H3/t9-,11-/m1/s1. The molecule has 7 heteroatoms. The number of rotatable bonds is 2. The van der Waals surface area contributed by atoms with Crippen molar-refractivity contribution in [2.24, 2.45) is 0 Å². The van der Waals surface area contributed by atoms with Crippen LogP contribution in [0.15, 0.2) is 29.2 Å². The zero-order chi connectivity index (χ0) is 13.6. The molecule has 0 spiro atoms. The molecule has 2 aliphatic rings. The highest BCUT2D eigenvalue weighted by atomic mass is 32.2. The van der Waals surface area contributed by atoms with Crippen molar-refractivity contribution in [1.29, 1.82) is 5.41 Å². The Morgan fingerprint density at radius 3 is 2.84 bits per heavy atom. The van der Waals surface area contributed by atoms with Crippen LogP contribution in [0.4, 0.5) is 5.69 Å². The first-order valence-corrected chi connectivity index (χ1v) is 9.82. The minimum atomic E-state index is -2.96. The summed E-state index contributed by atoms with van der Waals surface area (Å²) in [5.74, 6) is 0.360. The van der Waals surface area contributed by atoms with E-state index >= 15 is 0 Å². The summed E-state index contributed by atoms with van der Waals surface area (Å²) in [7, 11) is -2.96. The summed E-state index contributed by atoms with van der Waals surface area (Å²) < 4.78 is 23.5. The van der Waals surface area contributed by atoms with Crippen LogP contribution in [0.3, 0.4) is 0 Å². The maximum Gasteiger partial charge on any atom is 0.161 e. The van der Waals surface area contributed by atoms with Gasteiger partial charge >= 0.3 is 0 Å². The number of anilines is 1. The molecule has 0 unspecified atom stereocenters. The summed E-state index contributed by atoms with van der Waals surface area (Å²) in [5, 5.41) is 8.60. The van der Waals surface area contributed by atoms with Crippen molar-refractivity contribution in [2.45, 2.75) is 16.2 Å². The lowest BCUT2D eigenvalue weighted by molar-refractivity contribution is 0.601. The van der Waals surface area contributed by atoms with Gasteiger partial charge in [0.25, 0.3) is 0 Å². The molecule has 2 atom stereocenters. The van der Waals surface area contributed by atoms with Crippen LogP contribution in [0.2, 0.25) is 0 Å². The minimum absolute atomic E-state index is 0.00686. The molecule has 0 bridgehead atoms. The second kappa shape index (κ2) is 4.71. The third-order valence-corrected chi connectivity index (χ3v) is 7.35. The number of nitrogens with zero attached hydrogens (tertiary/aromatic N) is 1. The van der Waals surface area contributed by atoms with Crippen molar-refractivity contribution in [3.63, 3.8) is 0 Å². The molecular weight excluding hydrogens is 300 g/mol. The molecule has 1 aromatic rings. The van der Waals surface area contributed by atoms with Gasteiger partial charge in [-0.25, -0.2) is 8.42 Å². The number of thioether (sulfide) groups is 2. The normalized spacial score (nSPS) is 28.7. The number of fused-ring (bicyclic) bond motifs is 1. The fourth-order valence-corrected chi connectivity index (χ4v) is 6.99. The highest BCUT2D eigenvalue weighted by Gasteiger charge is 2.49. The number of hydrogen-bond acceptors (Lipinski definition) is 5. The Labute approximate surface area is 121 Å². The lowest BCUT2D eigenvalue weighted by Gasteiger charge is -2.25. The average molecular weight is 314 g/mol. The fraction of sp³-hybridized carbons (Fsp3) is 0.417. The monoisotopic (exact) mass is 314 g/mol. The Bertz CT molecular complexity index is 630. The predicted molar refractivity (Wildman–Crippen MR) is 82.2 cm³/mol. The Hall–Kier alpha value is -0.660. The third-order valence-electron chi connectivity index (χ3n) is 3.43. The van der Waals surface area contributed by atoms with Crippen LogP contribution in [0.25, 0.3) is 0 Å². The largest absolute Gasteiger partial charge is 0.315 e. The Morgan fingerprint density at radius 2 is 2.11 bits per heavy atom. The van der Waals surface area contributed by atoms with E-state index < -0.39 is 9.84 Å². The predicted octanol–water partition coefficient (Wildman–Crippen LogP) is 2.06. The van der Waals surface area contributed by atoms with Gasteiger partial charge in [-0.2, -0.15) is 0 Å². The Balaban J connectivity index is 2.02. The minimum Gasteiger partial charge on any atom is -0.315 e. The average Bonchev–Trinajstić information content (AvgIpc) is 2.79. The van der Waals surface area contributed by atoms with Crippen LogP contribution in [0.5, 0.6) is 0 Å². The van der Waals surface area contributed by atoms with E-state index in [0.717, 1.165) is 10.6 Å². The molecule has 1 N–H and O–H groups in total. The van der Waals surface area contributed by atoms with Gasteiger partial charge in [-0.1, -0.05) is 23.9 Å². The molecule has 3 rings (SSSR count). The van der Waals surface area contributed by atoms with Crippen molar-refractivity contribution in [3.05, 3.63) is 24.3 Å². The topological polar surface area (TPSA) is 61.2 Å². The molecule has 2 aliphatic heterocycles. The van der Waals surface area contributed by atoms with Gasteiger partial charge in [-0.15, -0.1) is 11.8 Å². The Kier molecular flexibility index (Phi) is 3.31. The lowest BCUT2D eigenvalue weighted by atomic mass is 10.2. The second-order valence-corrected chi connectivity index (χ2v) is 8.88. The first-order chi connectivity index (χ1) is 9.02. The van der Waals surface area contributed by atoms with Crippen molar-refractivity contribution in [1.82, 2.24) is 0 Å². The molecular formula is C12H14N2O2S3. The molecule has 2 saturated heterocycles. The van der Waals surface area contributed by atoms with E-state index in [4.69, 9.17) is 5.41 Å². The number of nitrogens with one attached hydrogen (secondary N) is 1. The molecule has 2 fully saturated rings. The number of benzene rings is 1. The zero-order valence-corrected chi connectivity index (χ0v) is 12.8. The van der Waals surface area contributed by atoms with Gasteiger partial charge in [0.1, 0.15) is 0 Å². The summed E-state index contributed by atoms with van der Waals surface area (Å²) in [6.07, 6.45) is 1.99. The van der Waals surface area contributed by atoms with Crippen molar-refractivity contribution < 1.29 is 8.42 Å². The molecule has 102 valence electrons. The van der Waals surface area contributed by atoms with Crippen LogP contribution in [0, 0.1) is 5.41 Å². The summed E-state index contributed by atoms with van der Waals surface area (Å²) in [4.78, 5) is 2.98. The van der Waals surface area contributed by atoms with E-state index in [1.807, 2.05) is 35.4 Å². The van der Waals surface area contributed by atoms with E-state index in [2.05, 4.69) is 0 Å². The van der Waals surface area contributed by atoms with Crippen LogP contribution < -0.4 is 4.90 Å². The van der Waals surface area contributed by atoms with Gasteiger partial charge in [0.15, 0.2) is 15.0 Å². The first-order valence-electron chi connectivity index (χ1n) is 5.90. The highest BCUT2D eigenvalue weighted by molar-refractivity contribution is 8.15. The van der Waals surface area contributed by atoms with Crippen molar-refractivity contribution in [3.8, 4) is 0 Å². The molecule has 1 aromatic carbocycles. The summed E-state index contributed by atoms with van der Waals surface area (Å²) >= 11 is 3.00. The van der Waals surface area contributed by atoms with Gasteiger partial charge in [-0.3, -0.25) is 5.41 Å². The molecule has 2 heterocycles. The van der Waals surface area contributed by atoms with Crippen LogP contribution in [-0.2, 0) is 9.84 Å². The van der Waals surface area contributed by atoms with Gasteiger partial charge in [0, 0.05) is 10.1 Å². The molecule has 19 heavy (non-hydrogen) atoms. The number of para-hydroxylation sites is 1. The highest BCUT2D eigenvalue weighted by Crippen LogP contribution is 2.42.